The average Bonchev–Trinajstić information content (AvgIpc) is 3.49. The van der Waals surface area contributed by atoms with E-state index in [2.05, 4.69) is 25.3 Å². The summed E-state index contributed by atoms with van der Waals surface area (Å²) >= 11 is 3.16. The van der Waals surface area contributed by atoms with E-state index >= 15 is 0 Å². The van der Waals surface area contributed by atoms with Crippen molar-refractivity contribution in [3.05, 3.63) is 35.2 Å². The van der Waals surface area contributed by atoms with E-state index in [4.69, 9.17) is 4.98 Å². The third-order valence-corrected chi connectivity index (χ3v) is 7.20. The molecule has 0 atom stereocenters. The molecule has 1 saturated heterocycles. The van der Waals surface area contributed by atoms with Crippen LogP contribution in [0.1, 0.15) is 29.8 Å². The lowest BCUT2D eigenvalue weighted by molar-refractivity contribution is -0.115. The molecule has 8 nitrogen and oxygen atoms in total. The van der Waals surface area contributed by atoms with E-state index in [-0.39, 0.29) is 12.3 Å². The number of anilines is 2. The molecule has 0 bridgehead atoms. The number of hydrogen-bond acceptors (Lipinski definition) is 8. The first-order valence-corrected chi connectivity index (χ1v) is 12.3. The van der Waals surface area contributed by atoms with Gasteiger partial charge in [-0.05, 0) is 51.1 Å². The number of rotatable bonds is 5. The predicted molar refractivity (Wildman–Crippen MR) is 125 cm³/mol. The Bertz CT molecular complexity index is 1290. The van der Waals surface area contributed by atoms with Gasteiger partial charge in [0.15, 0.2) is 5.13 Å². The zero-order chi connectivity index (χ0) is 21.5. The van der Waals surface area contributed by atoms with E-state index in [0.29, 0.717) is 10.9 Å². The molecule has 1 amide bonds. The number of nitrogens with zero attached hydrogens (tertiary/aromatic N) is 6. The lowest BCUT2D eigenvalue weighted by Crippen LogP contribution is -2.17. The fraction of sp³-hybridized carbons (Fsp3) is 0.381. The van der Waals surface area contributed by atoms with Gasteiger partial charge in [0.25, 0.3) is 5.78 Å². The van der Waals surface area contributed by atoms with Crippen molar-refractivity contribution in [2.24, 2.45) is 0 Å². The minimum atomic E-state index is -0.0822. The molecule has 1 aliphatic rings. The third-order valence-electron chi connectivity index (χ3n) is 5.59. The first kappa shape index (κ1) is 20.2. The topological polar surface area (TPSA) is 88.3 Å². The van der Waals surface area contributed by atoms with Gasteiger partial charge >= 0.3 is 0 Å². The highest BCUT2D eigenvalue weighted by molar-refractivity contribution is 7.98. The average molecular weight is 454 g/mol. The van der Waals surface area contributed by atoms with Gasteiger partial charge in [-0.2, -0.15) is 4.98 Å². The minimum absolute atomic E-state index is 0.0822. The lowest BCUT2D eigenvalue weighted by atomic mass is 10.1. The van der Waals surface area contributed by atoms with Gasteiger partial charge < -0.3 is 10.2 Å². The molecule has 4 aromatic rings. The lowest BCUT2D eigenvalue weighted by Gasteiger charge is -2.11. The predicted octanol–water partition coefficient (Wildman–Crippen LogP) is 3.85. The second-order valence-electron chi connectivity index (χ2n) is 7.67. The molecule has 5 rings (SSSR count). The van der Waals surface area contributed by atoms with Crippen LogP contribution in [0, 0.1) is 13.8 Å². The summed E-state index contributed by atoms with van der Waals surface area (Å²) in [4.78, 5) is 28.8. The molecule has 1 aliphatic heterocycles. The van der Waals surface area contributed by atoms with E-state index in [1.807, 2.05) is 38.3 Å². The highest BCUT2D eigenvalue weighted by Crippen LogP contribution is 2.32. The number of thioether (sulfide) groups is 1. The summed E-state index contributed by atoms with van der Waals surface area (Å²) in [7, 11) is 0. The summed E-state index contributed by atoms with van der Waals surface area (Å²) in [5, 5.41) is 9.22. The van der Waals surface area contributed by atoms with E-state index in [1.165, 1.54) is 24.6 Å². The van der Waals surface area contributed by atoms with Crippen LogP contribution in [-0.2, 0) is 11.2 Å². The van der Waals surface area contributed by atoms with Crippen LogP contribution in [0.5, 0.6) is 0 Å². The van der Waals surface area contributed by atoms with Crippen LogP contribution in [-0.4, -0.2) is 49.8 Å². The molecule has 3 aromatic heterocycles. The van der Waals surface area contributed by atoms with Gasteiger partial charge in [0.2, 0.25) is 11.1 Å². The minimum Gasteiger partial charge on any atom is -0.348 e. The van der Waals surface area contributed by atoms with Gasteiger partial charge in [0.1, 0.15) is 0 Å². The SMILES string of the molecule is CSc1nc2nc(C)c(CC(=O)Nc3ccc4nc(N5CCCC5)sc4c3)c(C)n2n1. The number of carbonyl (C=O) groups is 1. The number of aryl methyl sites for hydroxylation is 2. The molecule has 0 saturated carbocycles. The summed E-state index contributed by atoms with van der Waals surface area (Å²) in [5.74, 6) is 0.481. The maximum absolute atomic E-state index is 12.8. The molecular formula is C21H23N7OS2. The van der Waals surface area contributed by atoms with Crippen molar-refractivity contribution >= 4 is 55.8 Å². The van der Waals surface area contributed by atoms with Crippen molar-refractivity contribution in [2.45, 2.75) is 38.3 Å². The number of nitrogens with one attached hydrogen (secondary N) is 1. The van der Waals surface area contributed by atoms with Crippen molar-refractivity contribution in [3.63, 3.8) is 0 Å². The van der Waals surface area contributed by atoms with Crippen molar-refractivity contribution < 1.29 is 4.79 Å². The monoisotopic (exact) mass is 453 g/mol. The molecular weight excluding hydrogens is 430 g/mol. The number of benzene rings is 1. The second-order valence-corrected chi connectivity index (χ2v) is 9.45. The zero-order valence-corrected chi connectivity index (χ0v) is 19.3. The summed E-state index contributed by atoms with van der Waals surface area (Å²) in [6.45, 7) is 6.01. The summed E-state index contributed by atoms with van der Waals surface area (Å²) < 4.78 is 2.80. The molecule has 31 heavy (non-hydrogen) atoms. The van der Waals surface area contributed by atoms with E-state index in [9.17, 15) is 4.79 Å². The van der Waals surface area contributed by atoms with Crippen LogP contribution in [0.4, 0.5) is 10.8 Å². The number of fused-ring (bicyclic) bond motifs is 2. The Labute approximate surface area is 188 Å². The smallest absolute Gasteiger partial charge is 0.253 e. The Hall–Kier alpha value is -2.72. The van der Waals surface area contributed by atoms with Gasteiger partial charge in [-0.3, -0.25) is 4.79 Å². The summed E-state index contributed by atoms with van der Waals surface area (Å²) in [6.07, 6.45) is 4.61. The highest BCUT2D eigenvalue weighted by atomic mass is 32.2. The summed E-state index contributed by atoms with van der Waals surface area (Å²) in [5.41, 5.74) is 4.32. The first-order chi connectivity index (χ1) is 15.0. The van der Waals surface area contributed by atoms with Crippen LogP contribution >= 0.6 is 23.1 Å². The molecule has 1 aromatic carbocycles. The zero-order valence-electron chi connectivity index (χ0n) is 17.7. The van der Waals surface area contributed by atoms with Crippen LogP contribution < -0.4 is 10.2 Å². The number of hydrogen-bond donors (Lipinski definition) is 1. The fourth-order valence-corrected chi connectivity index (χ4v) is 5.32. The number of carbonyl (C=O) groups excluding carboxylic acids is 1. The Kier molecular flexibility index (Phi) is 5.27. The third kappa shape index (κ3) is 3.85. The van der Waals surface area contributed by atoms with Crippen molar-refractivity contribution in [2.75, 3.05) is 29.6 Å². The Morgan fingerprint density at radius 3 is 2.77 bits per heavy atom. The van der Waals surface area contributed by atoms with Gasteiger partial charge in [-0.25, -0.2) is 14.5 Å². The maximum Gasteiger partial charge on any atom is 0.253 e. The molecule has 4 heterocycles. The number of aromatic nitrogens is 5. The van der Waals surface area contributed by atoms with Gasteiger partial charge in [-0.1, -0.05) is 23.1 Å². The van der Waals surface area contributed by atoms with Crippen LogP contribution in [0.15, 0.2) is 23.4 Å². The molecule has 1 N–H and O–H groups in total. The van der Waals surface area contributed by atoms with Crippen molar-refractivity contribution in [3.8, 4) is 0 Å². The molecule has 10 heteroatoms. The molecule has 1 fully saturated rings. The van der Waals surface area contributed by atoms with E-state index in [1.54, 1.807) is 15.9 Å². The Morgan fingerprint density at radius 2 is 2.00 bits per heavy atom. The highest BCUT2D eigenvalue weighted by Gasteiger charge is 2.18. The molecule has 0 unspecified atom stereocenters. The van der Waals surface area contributed by atoms with Crippen LogP contribution in [0.3, 0.4) is 0 Å². The van der Waals surface area contributed by atoms with Crippen molar-refractivity contribution in [1.29, 1.82) is 0 Å². The fourth-order valence-electron chi connectivity index (χ4n) is 3.93. The first-order valence-electron chi connectivity index (χ1n) is 10.2. The normalized spacial score (nSPS) is 14.1. The van der Waals surface area contributed by atoms with Gasteiger partial charge in [-0.15, -0.1) is 5.10 Å². The van der Waals surface area contributed by atoms with Crippen LogP contribution in [0.2, 0.25) is 0 Å². The van der Waals surface area contributed by atoms with E-state index in [0.717, 1.165) is 51.1 Å². The van der Waals surface area contributed by atoms with Gasteiger partial charge in [0, 0.05) is 35.7 Å². The number of amides is 1. The molecule has 0 spiro atoms. The Morgan fingerprint density at radius 1 is 1.19 bits per heavy atom. The molecule has 0 aliphatic carbocycles. The maximum atomic E-state index is 12.8. The molecule has 0 radical (unpaired) electrons. The summed E-state index contributed by atoms with van der Waals surface area (Å²) in [6, 6.07) is 5.90. The van der Waals surface area contributed by atoms with Crippen LogP contribution in [0.25, 0.3) is 16.0 Å². The number of thiazole rings is 1. The van der Waals surface area contributed by atoms with E-state index < -0.39 is 0 Å². The largest absolute Gasteiger partial charge is 0.348 e. The quantitative estimate of drug-likeness (QED) is 0.459. The standard InChI is InChI=1S/C21H23N7OS2/c1-12-15(13(2)28-19(22-12)25-20(26-28)30-3)11-18(29)23-14-6-7-16-17(10-14)31-21(24-16)27-8-4-5-9-27/h6-7,10H,4-5,8-9,11H2,1-3H3,(H,23,29). The molecule has 160 valence electrons. The second kappa shape index (κ2) is 8.08. The van der Waals surface area contributed by atoms with Crippen molar-refractivity contribution in [1.82, 2.24) is 24.6 Å². The van der Waals surface area contributed by atoms with Gasteiger partial charge in [0.05, 0.1) is 16.6 Å². The Balaban J connectivity index is 1.36.